The molecule has 1 fully saturated rings. The SMILES string of the molecule is CC(C)(C)OC(=O)NCCN(Cc1ccccc1)[C@H]1COc2cccc(C(=O)O)c2-c2c(C3CCCCC3)c3ccccc3n2C1. The molecule has 0 spiro atoms. The van der Waals surface area contributed by atoms with Crippen LogP contribution in [0.25, 0.3) is 22.2 Å². The summed E-state index contributed by atoms with van der Waals surface area (Å²) in [4.78, 5) is 27.6. The standard InChI is InChI=1S/C38H45N3O5/c1-38(2,3)46-37(44)39-21-22-40(23-26-13-6-4-7-14-26)28-24-41-31-19-11-10-17-29(31)33(27-15-8-5-9-16-27)35(41)34-30(36(42)43)18-12-20-32(34)45-25-28/h4,6-7,10-14,17-20,27-28H,5,8-9,15-16,21-25H2,1-3H3,(H,39,44)(H,42,43)/t28-/m1/s1. The molecule has 8 heteroatoms. The number of alkyl carbamates (subject to hydrolysis) is 1. The average Bonchev–Trinajstić information content (AvgIpc) is 3.34. The second kappa shape index (κ2) is 13.6. The maximum atomic E-state index is 12.7. The molecule has 3 aromatic carbocycles. The van der Waals surface area contributed by atoms with Crippen molar-refractivity contribution >= 4 is 23.0 Å². The second-order valence-electron chi connectivity index (χ2n) is 13.6. The van der Waals surface area contributed by atoms with Crippen molar-refractivity contribution in [2.45, 2.75) is 83.5 Å². The highest BCUT2D eigenvalue weighted by Gasteiger charge is 2.34. The molecule has 1 saturated carbocycles. The lowest BCUT2D eigenvalue weighted by Gasteiger charge is -2.35. The minimum atomic E-state index is -0.956. The van der Waals surface area contributed by atoms with Gasteiger partial charge in [-0.15, -0.1) is 0 Å². The van der Waals surface area contributed by atoms with Crippen LogP contribution in [0.5, 0.6) is 5.75 Å². The van der Waals surface area contributed by atoms with Crippen LogP contribution in [0.4, 0.5) is 4.79 Å². The fourth-order valence-electron chi connectivity index (χ4n) is 7.16. The molecular weight excluding hydrogens is 578 g/mol. The van der Waals surface area contributed by atoms with Crippen molar-refractivity contribution in [1.29, 1.82) is 0 Å². The lowest BCUT2D eigenvalue weighted by molar-refractivity contribution is 0.0508. The quantitative estimate of drug-likeness (QED) is 0.208. The van der Waals surface area contributed by atoms with Gasteiger partial charge in [0.05, 0.1) is 22.9 Å². The number of carboxylic acids is 1. The third kappa shape index (κ3) is 6.92. The first kappa shape index (κ1) is 31.7. The van der Waals surface area contributed by atoms with E-state index in [4.69, 9.17) is 9.47 Å². The Morgan fingerprint density at radius 2 is 1.72 bits per heavy atom. The summed E-state index contributed by atoms with van der Waals surface area (Å²) < 4.78 is 14.5. The number of aromatic carboxylic acids is 1. The molecule has 1 aliphatic heterocycles. The fourth-order valence-corrected chi connectivity index (χ4v) is 7.16. The number of nitrogens with zero attached hydrogens (tertiary/aromatic N) is 2. The molecule has 46 heavy (non-hydrogen) atoms. The number of hydrogen-bond donors (Lipinski definition) is 2. The highest BCUT2D eigenvalue weighted by molar-refractivity contribution is 6.02. The topological polar surface area (TPSA) is 93.0 Å². The zero-order valence-corrected chi connectivity index (χ0v) is 27.1. The van der Waals surface area contributed by atoms with Gasteiger partial charge in [0.25, 0.3) is 0 Å². The predicted octanol–water partition coefficient (Wildman–Crippen LogP) is 7.84. The van der Waals surface area contributed by atoms with Crippen LogP contribution < -0.4 is 10.1 Å². The number of hydrogen-bond acceptors (Lipinski definition) is 5. The Kier molecular flexibility index (Phi) is 9.36. The molecule has 2 heterocycles. The number of ether oxygens (including phenoxy) is 2. The van der Waals surface area contributed by atoms with Crippen LogP contribution in [0.2, 0.25) is 0 Å². The van der Waals surface area contributed by atoms with Crippen LogP contribution in [0.15, 0.2) is 72.8 Å². The molecule has 1 aliphatic carbocycles. The van der Waals surface area contributed by atoms with E-state index in [-0.39, 0.29) is 11.6 Å². The van der Waals surface area contributed by atoms with Crippen molar-refractivity contribution in [2.75, 3.05) is 19.7 Å². The number of fused-ring (bicyclic) bond motifs is 5. The molecule has 0 saturated heterocycles. The zero-order valence-electron chi connectivity index (χ0n) is 27.1. The Labute approximate surface area is 271 Å². The molecule has 1 amide bonds. The van der Waals surface area contributed by atoms with Crippen molar-refractivity contribution < 1.29 is 24.2 Å². The van der Waals surface area contributed by atoms with Gasteiger partial charge in [-0.25, -0.2) is 9.59 Å². The van der Waals surface area contributed by atoms with E-state index in [0.717, 1.165) is 29.6 Å². The highest BCUT2D eigenvalue weighted by Crippen LogP contribution is 2.48. The summed E-state index contributed by atoms with van der Waals surface area (Å²) in [6.45, 7) is 8.18. The van der Waals surface area contributed by atoms with E-state index in [1.54, 1.807) is 12.1 Å². The highest BCUT2D eigenvalue weighted by atomic mass is 16.6. The minimum absolute atomic E-state index is 0.0731. The monoisotopic (exact) mass is 623 g/mol. The lowest BCUT2D eigenvalue weighted by atomic mass is 9.81. The van der Waals surface area contributed by atoms with Gasteiger partial charge in [0, 0.05) is 37.1 Å². The van der Waals surface area contributed by atoms with Crippen molar-refractivity contribution in [2.24, 2.45) is 0 Å². The van der Waals surface area contributed by atoms with Gasteiger partial charge in [-0.1, -0.05) is 73.9 Å². The van der Waals surface area contributed by atoms with Crippen molar-refractivity contribution in [3.05, 3.63) is 89.5 Å². The summed E-state index contributed by atoms with van der Waals surface area (Å²) in [5, 5.41) is 14.5. The number of carbonyl (C=O) groups is 2. The van der Waals surface area contributed by atoms with E-state index in [2.05, 4.69) is 51.2 Å². The number of para-hydroxylation sites is 1. The molecule has 0 unspecified atom stereocenters. The smallest absolute Gasteiger partial charge is 0.407 e. The molecular formula is C38H45N3O5. The van der Waals surface area contributed by atoms with Crippen molar-refractivity contribution in [3.63, 3.8) is 0 Å². The van der Waals surface area contributed by atoms with E-state index in [9.17, 15) is 14.7 Å². The number of amides is 1. The molecule has 0 bridgehead atoms. The molecule has 4 aromatic rings. The summed E-state index contributed by atoms with van der Waals surface area (Å²) in [6, 6.07) is 24.1. The van der Waals surface area contributed by atoms with Crippen LogP contribution in [0, 0.1) is 0 Å². The van der Waals surface area contributed by atoms with Crippen LogP contribution in [0.1, 0.15) is 80.3 Å². The van der Waals surface area contributed by atoms with Gasteiger partial charge < -0.3 is 24.5 Å². The lowest BCUT2D eigenvalue weighted by Crippen LogP contribution is -2.46. The Bertz CT molecular complexity index is 1680. The summed E-state index contributed by atoms with van der Waals surface area (Å²) in [5.41, 5.74) is 4.85. The van der Waals surface area contributed by atoms with Gasteiger partial charge >= 0.3 is 12.1 Å². The van der Waals surface area contributed by atoms with Gasteiger partial charge in [0.1, 0.15) is 18.0 Å². The molecule has 1 atom stereocenters. The summed E-state index contributed by atoms with van der Waals surface area (Å²) in [7, 11) is 0. The number of carboxylic acid groups (broad SMARTS) is 1. The average molecular weight is 624 g/mol. The van der Waals surface area contributed by atoms with Crippen LogP contribution in [-0.2, 0) is 17.8 Å². The van der Waals surface area contributed by atoms with E-state index in [1.165, 1.54) is 30.2 Å². The van der Waals surface area contributed by atoms with Crippen LogP contribution in [0.3, 0.4) is 0 Å². The van der Waals surface area contributed by atoms with Gasteiger partial charge in [0.2, 0.25) is 0 Å². The first-order valence-corrected chi connectivity index (χ1v) is 16.5. The van der Waals surface area contributed by atoms with Crippen LogP contribution >= 0.6 is 0 Å². The molecule has 0 radical (unpaired) electrons. The summed E-state index contributed by atoms with van der Waals surface area (Å²) >= 11 is 0. The van der Waals surface area contributed by atoms with E-state index >= 15 is 0 Å². The molecule has 2 N–H and O–H groups in total. The molecule has 1 aromatic heterocycles. The third-order valence-corrected chi connectivity index (χ3v) is 9.15. The van der Waals surface area contributed by atoms with Crippen LogP contribution in [-0.4, -0.2) is 58.0 Å². The van der Waals surface area contributed by atoms with Gasteiger partial charge in [-0.2, -0.15) is 0 Å². The van der Waals surface area contributed by atoms with E-state index in [0.29, 0.717) is 50.0 Å². The number of rotatable bonds is 8. The van der Waals surface area contributed by atoms with Crippen molar-refractivity contribution in [1.82, 2.24) is 14.8 Å². The second-order valence-corrected chi connectivity index (χ2v) is 13.6. The number of carbonyl (C=O) groups excluding carboxylic acids is 1. The van der Waals surface area contributed by atoms with Gasteiger partial charge in [-0.3, -0.25) is 4.90 Å². The first-order valence-electron chi connectivity index (χ1n) is 16.5. The summed E-state index contributed by atoms with van der Waals surface area (Å²) in [5.74, 6) is -0.0129. The zero-order chi connectivity index (χ0) is 32.3. The minimum Gasteiger partial charge on any atom is -0.491 e. The Morgan fingerprint density at radius 1 is 0.978 bits per heavy atom. The molecule has 6 rings (SSSR count). The number of nitrogens with one attached hydrogen (secondary N) is 1. The van der Waals surface area contributed by atoms with E-state index < -0.39 is 17.7 Å². The Morgan fingerprint density at radius 3 is 2.46 bits per heavy atom. The largest absolute Gasteiger partial charge is 0.491 e. The Hall–Kier alpha value is -4.30. The molecule has 242 valence electrons. The Balaban J connectivity index is 1.44. The maximum absolute atomic E-state index is 12.7. The van der Waals surface area contributed by atoms with Gasteiger partial charge in [0.15, 0.2) is 0 Å². The number of aromatic nitrogens is 1. The van der Waals surface area contributed by atoms with Gasteiger partial charge in [-0.05, 0) is 68.9 Å². The maximum Gasteiger partial charge on any atom is 0.407 e. The number of benzene rings is 3. The van der Waals surface area contributed by atoms with Crippen molar-refractivity contribution in [3.8, 4) is 17.0 Å². The third-order valence-electron chi connectivity index (χ3n) is 9.15. The predicted molar refractivity (Wildman–Crippen MR) is 181 cm³/mol. The fraction of sp³-hybridized carbons (Fsp3) is 0.421. The normalized spacial score (nSPS) is 17.0. The van der Waals surface area contributed by atoms with E-state index in [1.807, 2.05) is 45.0 Å². The molecule has 8 nitrogen and oxygen atoms in total. The summed E-state index contributed by atoms with van der Waals surface area (Å²) in [6.07, 6.45) is 5.32. The molecule has 2 aliphatic rings. The first-order chi connectivity index (χ1) is 22.2.